The molecule has 0 saturated carbocycles. The zero-order chi connectivity index (χ0) is 23.8. The highest BCUT2D eigenvalue weighted by molar-refractivity contribution is 5.73. The van der Waals surface area contributed by atoms with Crippen molar-refractivity contribution in [2.75, 3.05) is 39.6 Å². The monoisotopic (exact) mass is 471 g/mol. The third-order valence-corrected chi connectivity index (χ3v) is 5.11. The maximum Gasteiger partial charge on any atom is 0.217 e. The van der Waals surface area contributed by atoms with Crippen LogP contribution in [0.1, 0.15) is 6.92 Å². The number of aliphatic hydroxyl groups is 7. The molecule has 14 heteroatoms. The van der Waals surface area contributed by atoms with Gasteiger partial charge in [0.25, 0.3) is 0 Å². The maximum atomic E-state index is 11.6. The fraction of sp³-hybridized carbons (Fsp3) is 0.944. The van der Waals surface area contributed by atoms with Crippen LogP contribution in [0, 0.1) is 0 Å². The zero-order valence-electron chi connectivity index (χ0n) is 17.6. The first-order valence-corrected chi connectivity index (χ1v) is 10.2. The van der Waals surface area contributed by atoms with Crippen molar-refractivity contribution in [2.45, 2.75) is 68.3 Å². The predicted octanol–water partition coefficient (Wildman–Crippen LogP) is -5.22. The Morgan fingerprint density at radius 3 is 2.09 bits per heavy atom. The van der Waals surface area contributed by atoms with E-state index in [1.165, 1.54) is 6.92 Å². The molecule has 32 heavy (non-hydrogen) atoms. The average molecular weight is 471 g/mol. The summed E-state index contributed by atoms with van der Waals surface area (Å²) < 4.78 is 27.1. The van der Waals surface area contributed by atoms with Crippen LogP contribution in [0.2, 0.25) is 0 Å². The Morgan fingerprint density at radius 2 is 1.50 bits per heavy atom. The minimum Gasteiger partial charge on any atom is -0.394 e. The number of nitrogens with one attached hydrogen (secondary N) is 1. The van der Waals surface area contributed by atoms with Crippen molar-refractivity contribution in [3.05, 3.63) is 0 Å². The highest BCUT2D eigenvalue weighted by Crippen LogP contribution is 2.29. The van der Waals surface area contributed by atoms with Crippen LogP contribution in [-0.2, 0) is 28.5 Å². The lowest BCUT2D eigenvalue weighted by Gasteiger charge is -2.47. The van der Waals surface area contributed by atoms with E-state index in [0.29, 0.717) is 0 Å². The van der Waals surface area contributed by atoms with Crippen molar-refractivity contribution in [2.24, 2.45) is 0 Å². The number of carbonyl (C=O) groups is 1. The Morgan fingerprint density at radius 1 is 0.844 bits per heavy atom. The molecule has 1 amide bonds. The highest BCUT2D eigenvalue weighted by atomic mass is 16.7. The Bertz CT molecular complexity index is 567. The summed E-state index contributed by atoms with van der Waals surface area (Å²) in [7, 11) is 0. The van der Waals surface area contributed by atoms with Gasteiger partial charge in [-0.1, -0.05) is 0 Å². The minimum absolute atomic E-state index is 0.0101. The lowest BCUT2D eigenvalue weighted by atomic mass is 9.95. The van der Waals surface area contributed by atoms with Crippen LogP contribution in [0.25, 0.3) is 0 Å². The first kappa shape index (κ1) is 27.2. The van der Waals surface area contributed by atoms with Crippen molar-refractivity contribution >= 4 is 5.91 Å². The van der Waals surface area contributed by atoms with Gasteiger partial charge in [0, 0.05) is 6.92 Å². The molecular weight excluding hydrogens is 438 g/mol. The summed E-state index contributed by atoms with van der Waals surface area (Å²) in [4.78, 5) is 11.6. The van der Waals surface area contributed by atoms with Crippen LogP contribution in [0.5, 0.6) is 0 Å². The quantitative estimate of drug-likeness (QED) is 0.132. The summed E-state index contributed by atoms with van der Waals surface area (Å²) >= 11 is 0. The summed E-state index contributed by atoms with van der Waals surface area (Å²) in [6, 6.07) is -1.15. The summed E-state index contributed by atoms with van der Waals surface area (Å²) in [5.74, 6) is -0.517. The number of carbonyl (C=O) groups excluding carboxylic acids is 1. The third kappa shape index (κ3) is 6.75. The van der Waals surface area contributed by atoms with Gasteiger partial charge in [0.15, 0.2) is 12.6 Å². The topological polar surface area (TPSA) is 217 Å². The summed E-state index contributed by atoms with van der Waals surface area (Å²) in [5, 5.41) is 71.2. The van der Waals surface area contributed by atoms with Crippen molar-refractivity contribution in [3.63, 3.8) is 0 Å². The molecule has 0 aromatic carbocycles. The molecule has 0 radical (unpaired) electrons. The molecule has 0 unspecified atom stereocenters. The van der Waals surface area contributed by atoms with Gasteiger partial charge < -0.3 is 64.7 Å². The molecule has 2 saturated heterocycles. The standard InChI is InChI=1S/C18H33NO13/c1-8(23)19-11-13(25)16(10(7-22)31-17(11)29-5-4-28-3-2-20)32-18-15(27)14(26)12(24)9(6-21)30-18/h9-18,20-22,24-27H,2-7H2,1H3,(H,19,23)/t9-,10-,11-,12+,13-,14+,15-,16-,17-,18+/m1/s1. The predicted molar refractivity (Wildman–Crippen MR) is 102 cm³/mol. The molecule has 14 nitrogen and oxygen atoms in total. The van der Waals surface area contributed by atoms with E-state index >= 15 is 0 Å². The number of aliphatic hydroxyl groups excluding tert-OH is 7. The van der Waals surface area contributed by atoms with Crippen LogP contribution in [0.4, 0.5) is 0 Å². The Balaban J connectivity index is 2.12. The van der Waals surface area contributed by atoms with Crippen molar-refractivity contribution in [3.8, 4) is 0 Å². The minimum atomic E-state index is -1.74. The molecule has 2 aliphatic rings. The molecule has 0 bridgehead atoms. The van der Waals surface area contributed by atoms with E-state index in [0.717, 1.165) is 0 Å². The van der Waals surface area contributed by atoms with Gasteiger partial charge in [0.1, 0.15) is 48.8 Å². The van der Waals surface area contributed by atoms with Crippen LogP contribution in [0.15, 0.2) is 0 Å². The molecule has 0 aromatic rings. The normalized spacial score (nSPS) is 40.2. The molecule has 188 valence electrons. The fourth-order valence-electron chi connectivity index (χ4n) is 3.49. The van der Waals surface area contributed by atoms with Crippen LogP contribution in [0.3, 0.4) is 0 Å². The molecule has 10 atom stereocenters. The molecule has 2 heterocycles. The average Bonchev–Trinajstić information content (AvgIpc) is 2.77. The van der Waals surface area contributed by atoms with Gasteiger partial charge in [0.05, 0.1) is 39.6 Å². The molecule has 2 rings (SSSR count). The van der Waals surface area contributed by atoms with Crippen LogP contribution >= 0.6 is 0 Å². The van der Waals surface area contributed by atoms with E-state index < -0.39 is 80.5 Å². The van der Waals surface area contributed by atoms with Crippen molar-refractivity contribution in [1.29, 1.82) is 0 Å². The lowest BCUT2D eigenvalue weighted by Crippen LogP contribution is -2.67. The van der Waals surface area contributed by atoms with Crippen LogP contribution in [-0.4, -0.2) is 143 Å². The summed E-state index contributed by atoms with van der Waals surface area (Å²) in [5.41, 5.74) is 0. The third-order valence-electron chi connectivity index (χ3n) is 5.11. The Kier molecular flexibility index (Phi) is 11.1. The molecule has 2 fully saturated rings. The maximum absolute atomic E-state index is 11.6. The number of rotatable bonds is 11. The molecule has 2 aliphatic heterocycles. The second kappa shape index (κ2) is 13.0. The molecule has 0 aliphatic carbocycles. The van der Waals surface area contributed by atoms with Gasteiger partial charge in [-0.15, -0.1) is 0 Å². The molecule has 0 spiro atoms. The van der Waals surface area contributed by atoms with Gasteiger partial charge in [-0.3, -0.25) is 4.79 Å². The van der Waals surface area contributed by atoms with Gasteiger partial charge in [0.2, 0.25) is 5.91 Å². The number of hydrogen-bond donors (Lipinski definition) is 8. The fourth-order valence-corrected chi connectivity index (χ4v) is 3.49. The van der Waals surface area contributed by atoms with E-state index in [-0.39, 0.29) is 26.4 Å². The number of hydrogen-bond acceptors (Lipinski definition) is 13. The zero-order valence-corrected chi connectivity index (χ0v) is 17.6. The van der Waals surface area contributed by atoms with E-state index in [1.54, 1.807) is 0 Å². The van der Waals surface area contributed by atoms with Crippen LogP contribution < -0.4 is 5.32 Å². The molecule has 8 N–H and O–H groups in total. The lowest BCUT2D eigenvalue weighted by molar-refractivity contribution is -0.348. The Labute approximate surface area is 184 Å². The van der Waals surface area contributed by atoms with E-state index in [9.17, 15) is 35.4 Å². The smallest absolute Gasteiger partial charge is 0.217 e. The summed E-state index contributed by atoms with van der Waals surface area (Å²) in [6.45, 7) is -0.105. The van der Waals surface area contributed by atoms with Crippen molar-refractivity contribution in [1.82, 2.24) is 5.32 Å². The first-order valence-electron chi connectivity index (χ1n) is 10.2. The van der Waals surface area contributed by atoms with E-state index in [2.05, 4.69) is 5.32 Å². The summed E-state index contributed by atoms with van der Waals surface area (Å²) in [6.07, 6.45) is -13.1. The van der Waals surface area contributed by atoms with Crippen molar-refractivity contribution < 1.29 is 64.2 Å². The first-order chi connectivity index (χ1) is 15.2. The molecule has 0 aromatic heterocycles. The van der Waals surface area contributed by atoms with Gasteiger partial charge in [-0.2, -0.15) is 0 Å². The largest absolute Gasteiger partial charge is 0.394 e. The SMILES string of the molecule is CC(=O)N[C@H]1[C@H](OCCOCCO)O[C@H](CO)[C@@H](O[C@@H]2O[C@H](CO)[C@H](O)[C@H](O)[C@H]2O)[C@@H]1O. The van der Waals surface area contributed by atoms with Gasteiger partial charge >= 0.3 is 0 Å². The molecular formula is C18H33NO13. The van der Waals surface area contributed by atoms with Gasteiger partial charge in [-0.25, -0.2) is 0 Å². The van der Waals surface area contributed by atoms with E-state index in [4.69, 9.17) is 28.8 Å². The number of ether oxygens (including phenoxy) is 5. The van der Waals surface area contributed by atoms with Gasteiger partial charge in [-0.05, 0) is 0 Å². The second-order valence-corrected chi connectivity index (χ2v) is 7.45. The highest BCUT2D eigenvalue weighted by Gasteiger charge is 2.51. The van der Waals surface area contributed by atoms with E-state index in [1.807, 2.05) is 0 Å². The second-order valence-electron chi connectivity index (χ2n) is 7.45. The number of amides is 1. The Hall–Kier alpha value is -1.01.